The van der Waals surface area contributed by atoms with Crippen LogP contribution in [0.2, 0.25) is 4.34 Å². The maximum Gasteiger partial charge on any atom is 0.141 e. The lowest BCUT2D eigenvalue weighted by molar-refractivity contribution is 0.301. The summed E-state index contributed by atoms with van der Waals surface area (Å²) < 4.78 is 9.86. The molecule has 0 fully saturated rings. The summed E-state index contributed by atoms with van der Waals surface area (Å²) >= 11 is 7.03. The standard InChI is InChI=1S/C11H12ClN3OS/c12-11-10(14-15-17-11)7-16-9-3-1-8(2-4-9)5-6-13/h1-4H,5-7,13H2. The van der Waals surface area contributed by atoms with Gasteiger partial charge < -0.3 is 10.5 Å². The van der Waals surface area contributed by atoms with Crippen molar-refractivity contribution < 1.29 is 4.74 Å². The number of hydrogen-bond donors (Lipinski definition) is 1. The Morgan fingerprint density at radius 2 is 2.06 bits per heavy atom. The van der Waals surface area contributed by atoms with Crippen LogP contribution in [0.3, 0.4) is 0 Å². The van der Waals surface area contributed by atoms with E-state index in [1.807, 2.05) is 24.3 Å². The van der Waals surface area contributed by atoms with Crippen molar-refractivity contribution >= 4 is 23.1 Å². The van der Waals surface area contributed by atoms with Crippen LogP contribution in [0.1, 0.15) is 11.3 Å². The highest BCUT2D eigenvalue weighted by atomic mass is 35.5. The number of nitrogens with two attached hydrogens (primary N) is 1. The highest BCUT2D eigenvalue weighted by Crippen LogP contribution is 2.20. The lowest BCUT2D eigenvalue weighted by Gasteiger charge is -2.05. The molecule has 0 radical (unpaired) electrons. The Hall–Kier alpha value is -1.17. The van der Waals surface area contributed by atoms with E-state index in [1.165, 1.54) is 5.56 Å². The normalized spacial score (nSPS) is 10.5. The smallest absolute Gasteiger partial charge is 0.141 e. The molecule has 0 aliphatic rings. The topological polar surface area (TPSA) is 61.0 Å². The van der Waals surface area contributed by atoms with Crippen LogP contribution in [0.25, 0.3) is 0 Å². The molecular formula is C11H12ClN3OS. The second-order valence-electron chi connectivity index (χ2n) is 3.46. The highest BCUT2D eigenvalue weighted by Gasteiger charge is 2.05. The molecule has 1 aromatic carbocycles. The lowest BCUT2D eigenvalue weighted by Crippen LogP contribution is -2.02. The Kier molecular flexibility index (Phi) is 4.30. The van der Waals surface area contributed by atoms with Gasteiger partial charge in [0.05, 0.1) is 0 Å². The van der Waals surface area contributed by atoms with E-state index < -0.39 is 0 Å². The van der Waals surface area contributed by atoms with Gasteiger partial charge in [-0.2, -0.15) is 0 Å². The number of halogens is 1. The van der Waals surface area contributed by atoms with E-state index in [9.17, 15) is 0 Å². The molecule has 2 rings (SSSR count). The molecule has 90 valence electrons. The van der Waals surface area contributed by atoms with E-state index in [1.54, 1.807) is 0 Å². The van der Waals surface area contributed by atoms with Crippen LogP contribution >= 0.6 is 23.1 Å². The molecule has 17 heavy (non-hydrogen) atoms. The third-order valence-electron chi connectivity index (χ3n) is 2.24. The van der Waals surface area contributed by atoms with Crippen molar-refractivity contribution in [2.75, 3.05) is 6.54 Å². The first-order valence-electron chi connectivity index (χ1n) is 5.18. The first kappa shape index (κ1) is 12.3. The minimum Gasteiger partial charge on any atom is -0.487 e. The highest BCUT2D eigenvalue weighted by molar-refractivity contribution is 7.10. The van der Waals surface area contributed by atoms with Crippen LogP contribution in [0.5, 0.6) is 5.75 Å². The van der Waals surface area contributed by atoms with Crippen molar-refractivity contribution in [2.45, 2.75) is 13.0 Å². The van der Waals surface area contributed by atoms with E-state index >= 15 is 0 Å². The van der Waals surface area contributed by atoms with Gasteiger partial charge in [-0.05, 0) is 30.7 Å². The molecule has 6 heteroatoms. The van der Waals surface area contributed by atoms with E-state index in [4.69, 9.17) is 22.1 Å². The van der Waals surface area contributed by atoms with Crippen molar-refractivity contribution in [1.29, 1.82) is 0 Å². The molecule has 0 aliphatic heterocycles. The quantitative estimate of drug-likeness (QED) is 0.905. The van der Waals surface area contributed by atoms with Crippen LogP contribution in [0, 0.1) is 0 Å². The second kappa shape index (κ2) is 5.95. The zero-order valence-corrected chi connectivity index (χ0v) is 10.7. The predicted molar refractivity (Wildman–Crippen MR) is 68.5 cm³/mol. The van der Waals surface area contributed by atoms with Crippen LogP contribution in [0.4, 0.5) is 0 Å². The Labute approximate surface area is 109 Å². The molecule has 0 saturated carbocycles. The molecule has 1 heterocycles. The van der Waals surface area contributed by atoms with Gasteiger partial charge in [0.15, 0.2) is 0 Å². The average Bonchev–Trinajstić information content (AvgIpc) is 2.75. The van der Waals surface area contributed by atoms with Gasteiger partial charge in [-0.15, -0.1) is 5.10 Å². The van der Waals surface area contributed by atoms with Gasteiger partial charge in [-0.3, -0.25) is 0 Å². The summed E-state index contributed by atoms with van der Waals surface area (Å²) in [6, 6.07) is 7.84. The fourth-order valence-corrected chi connectivity index (χ4v) is 1.95. The van der Waals surface area contributed by atoms with Crippen LogP contribution in [-0.4, -0.2) is 16.1 Å². The summed E-state index contributed by atoms with van der Waals surface area (Å²) in [5.41, 5.74) is 7.35. The third kappa shape index (κ3) is 3.39. The SMILES string of the molecule is NCCc1ccc(OCc2nnsc2Cl)cc1. The molecule has 0 saturated heterocycles. The minimum absolute atomic E-state index is 0.339. The molecule has 0 spiro atoms. The molecule has 0 unspecified atom stereocenters. The molecule has 2 aromatic rings. The maximum atomic E-state index is 5.87. The van der Waals surface area contributed by atoms with Gasteiger partial charge in [0, 0.05) is 11.5 Å². The minimum atomic E-state index is 0.339. The van der Waals surface area contributed by atoms with Crippen LogP contribution in [0.15, 0.2) is 24.3 Å². The van der Waals surface area contributed by atoms with Gasteiger partial charge in [0.1, 0.15) is 22.4 Å². The zero-order valence-electron chi connectivity index (χ0n) is 9.10. The number of ether oxygens (including phenoxy) is 1. The summed E-state index contributed by atoms with van der Waals surface area (Å²) in [7, 11) is 0. The average molecular weight is 270 g/mol. The fourth-order valence-electron chi connectivity index (χ4n) is 1.35. The summed E-state index contributed by atoms with van der Waals surface area (Å²) in [6.07, 6.45) is 0.877. The zero-order chi connectivity index (χ0) is 12.1. The van der Waals surface area contributed by atoms with E-state index in [-0.39, 0.29) is 0 Å². The van der Waals surface area contributed by atoms with Gasteiger partial charge >= 0.3 is 0 Å². The molecule has 4 nitrogen and oxygen atoms in total. The van der Waals surface area contributed by atoms with E-state index in [2.05, 4.69) is 9.59 Å². The van der Waals surface area contributed by atoms with Crippen molar-refractivity contribution in [2.24, 2.45) is 5.73 Å². The monoisotopic (exact) mass is 269 g/mol. The van der Waals surface area contributed by atoms with Gasteiger partial charge in [-0.1, -0.05) is 28.2 Å². The number of benzene rings is 1. The summed E-state index contributed by atoms with van der Waals surface area (Å²) in [5, 5.41) is 3.87. The van der Waals surface area contributed by atoms with Crippen molar-refractivity contribution in [1.82, 2.24) is 9.59 Å². The lowest BCUT2D eigenvalue weighted by atomic mass is 10.1. The third-order valence-corrected chi connectivity index (χ3v) is 3.23. The van der Waals surface area contributed by atoms with Gasteiger partial charge in [0.2, 0.25) is 0 Å². The maximum absolute atomic E-state index is 5.87. The van der Waals surface area contributed by atoms with Crippen molar-refractivity contribution in [3.05, 3.63) is 39.9 Å². The molecule has 0 bridgehead atoms. The summed E-state index contributed by atoms with van der Waals surface area (Å²) in [4.78, 5) is 0. The number of aromatic nitrogens is 2. The summed E-state index contributed by atoms with van der Waals surface area (Å²) in [5.74, 6) is 0.787. The molecule has 1 aromatic heterocycles. The molecule has 2 N–H and O–H groups in total. The van der Waals surface area contributed by atoms with Crippen molar-refractivity contribution in [3.8, 4) is 5.75 Å². The molecule has 0 amide bonds. The van der Waals surface area contributed by atoms with Crippen molar-refractivity contribution in [3.63, 3.8) is 0 Å². The Morgan fingerprint density at radius 3 is 2.65 bits per heavy atom. The van der Waals surface area contributed by atoms with Gasteiger partial charge in [-0.25, -0.2) is 0 Å². The predicted octanol–water partition coefficient (Wildman–Crippen LogP) is 2.27. The Bertz CT molecular complexity index is 472. The Morgan fingerprint density at radius 1 is 1.29 bits per heavy atom. The fraction of sp³-hybridized carbons (Fsp3) is 0.273. The van der Waals surface area contributed by atoms with E-state index in [0.717, 1.165) is 23.7 Å². The number of rotatable bonds is 5. The van der Waals surface area contributed by atoms with Crippen LogP contribution in [-0.2, 0) is 13.0 Å². The number of nitrogens with zero attached hydrogens (tertiary/aromatic N) is 2. The molecular weight excluding hydrogens is 258 g/mol. The molecule has 0 aliphatic carbocycles. The van der Waals surface area contributed by atoms with Gasteiger partial charge in [0.25, 0.3) is 0 Å². The largest absolute Gasteiger partial charge is 0.487 e. The first-order chi connectivity index (χ1) is 8.29. The molecule has 0 atom stereocenters. The Balaban J connectivity index is 1.93. The first-order valence-corrected chi connectivity index (χ1v) is 6.33. The number of hydrogen-bond acceptors (Lipinski definition) is 5. The summed E-state index contributed by atoms with van der Waals surface area (Å²) in [6.45, 7) is 0.992. The van der Waals surface area contributed by atoms with Crippen LogP contribution < -0.4 is 10.5 Å². The van der Waals surface area contributed by atoms with E-state index in [0.29, 0.717) is 23.2 Å². The second-order valence-corrected chi connectivity index (χ2v) is 4.82.